The summed E-state index contributed by atoms with van der Waals surface area (Å²) in [6, 6.07) is 11.4. The maximum Gasteiger partial charge on any atom is 0.251 e. The van der Waals surface area contributed by atoms with Crippen molar-refractivity contribution in [2.24, 2.45) is 11.1 Å². The van der Waals surface area contributed by atoms with Crippen LogP contribution in [0.5, 0.6) is 0 Å². The molecule has 0 saturated heterocycles. The van der Waals surface area contributed by atoms with Crippen molar-refractivity contribution in [3.05, 3.63) is 46.8 Å². The van der Waals surface area contributed by atoms with Gasteiger partial charge in [-0.25, -0.2) is 0 Å². The van der Waals surface area contributed by atoms with Crippen LogP contribution >= 0.6 is 12.2 Å². The summed E-state index contributed by atoms with van der Waals surface area (Å²) >= 11 is 5.07. The summed E-state index contributed by atoms with van der Waals surface area (Å²) < 4.78 is 1.82. The molecule has 0 aliphatic carbocycles. The van der Waals surface area contributed by atoms with Gasteiger partial charge < -0.3 is 10.3 Å². The fourth-order valence-electron chi connectivity index (χ4n) is 2.28. The van der Waals surface area contributed by atoms with E-state index in [0.717, 1.165) is 23.7 Å². The number of thiocarbonyl (C=S) groups is 1. The van der Waals surface area contributed by atoms with Gasteiger partial charge in [0, 0.05) is 18.0 Å². The van der Waals surface area contributed by atoms with E-state index in [1.807, 2.05) is 48.7 Å². The highest BCUT2D eigenvalue weighted by Gasteiger charge is 2.20. The zero-order valence-electron chi connectivity index (χ0n) is 11.9. The van der Waals surface area contributed by atoms with Crippen LogP contribution in [0, 0.1) is 5.41 Å². The molecule has 2 aromatic rings. The average Bonchev–Trinajstić information content (AvgIpc) is 2.41. The molecular weight excluding hydrogens is 268 g/mol. The SMILES string of the molecule is CC(C)(CCCn1c(=O)ccc2ccccc21)C(N)=S. The molecule has 4 heteroatoms. The zero-order chi connectivity index (χ0) is 14.8. The molecule has 2 rings (SSSR count). The van der Waals surface area contributed by atoms with Gasteiger partial charge in [-0.2, -0.15) is 0 Å². The lowest BCUT2D eigenvalue weighted by molar-refractivity contribution is 0.437. The molecule has 0 atom stereocenters. The first-order valence-corrected chi connectivity index (χ1v) is 7.21. The van der Waals surface area contributed by atoms with E-state index in [1.54, 1.807) is 6.07 Å². The molecule has 0 saturated carbocycles. The average molecular weight is 288 g/mol. The molecule has 2 N–H and O–H groups in total. The second-order valence-electron chi connectivity index (χ2n) is 5.73. The summed E-state index contributed by atoms with van der Waals surface area (Å²) in [5.41, 5.74) is 6.59. The summed E-state index contributed by atoms with van der Waals surface area (Å²) in [7, 11) is 0. The lowest BCUT2D eigenvalue weighted by atomic mass is 9.88. The fraction of sp³-hybridized carbons (Fsp3) is 0.375. The van der Waals surface area contributed by atoms with Gasteiger partial charge in [-0.3, -0.25) is 4.79 Å². The van der Waals surface area contributed by atoms with Crippen molar-refractivity contribution in [1.82, 2.24) is 4.57 Å². The molecule has 0 aliphatic rings. The van der Waals surface area contributed by atoms with Crippen LogP contribution in [-0.2, 0) is 6.54 Å². The number of nitrogens with zero attached hydrogens (tertiary/aromatic N) is 1. The molecular formula is C16H20N2OS. The summed E-state index contributed by atoms with van der Waals surface area (Å²) in [6.07, 6.45) is 1.75. The van der Waals surface area contributed by atoms with Crippen molar-refractivity contribution in [3.63, 3.8) is 0 Å². The topological polar surface area (TPSA) is 48.0 Å². The highest BCUT2D eigenvalue weighted by atomic mass is 32.1. The van der Waals surface area contributed by atoms with Gasteiger partial charge in [-0.15, -0.1) is 0 Å². The molecule has 0 aliphatic heterocycles. The molecule has 0 radical (unpaired) electrons. The predicted octanol–water partition coefficient (Wildman–Crippen LogP) is 3.09. The van der Waals surface area contributed by atoms with Crippen LogP contribution in [0.1, 0.15) is 26.7 Å². The quantitative estimate of drug-likeness (QED) is 0.860. The van der Waals surface area contributed by atoms with Gasteiger partial charge in [-0.1, -0.05) is 44.3 Å². The number of hydrogen-bond donors (Lipinski definition) is 1. The Hall–Kier alpha value is -1.68. The van der Waals surface area contributed by atoms with E-state index in [-0.39, 0.29) is 11.0 Å². The van der Waals surface area contributed by atoms with E-state index < -0.39 is 0 Å². The molecule has 20 heavy (non-hydrogen) atoms. The summed E-state index contributed by atoms with van der Waals surface area (Å²) in [6.45, 7) is 4.77. The van der Waals surface area contributed by atoms with Crippen molar-refractivity contribution < 1.29 is 0 Å². The highest BCUT2D eigenvalue weighted by Crippen LogP contribution is 2.23. The minimum atomic E-state index is -0.163. The Morgan fingerprint density at radius 3 is 2.65 bits per heavy atom. The van der Waals surface area contributed by atoms with Crippen molar-refractivity contribution in [1.29, 1.82) is 0 Å². The van der Waals surface area contributed by atoms with Crippen LogP contribution in [0.15, 0.2) is 41.2 Å². The largest absolute Gasteiger partial charge is 0.393 e. The molecule has 1 aromatic carbocycles. The van der Waals surface area contributed by atoms with E-state index in [1.165, 1.54) is 0 Å². The van der Waals surface area contributed by atoms with Crippen molar-refractivity contribution in [2.45, 2.75) is 33.2 Å². The van der Waals surface area contributed by atoms with Crippen molar-refractivity contribution in [2.75, 3.05) is 0 Å². The number of benzene rings is 1. The molecule has 0 fully saturated rings. The Labute approximate surface area is 124 Å². The van der Waals surface area contributed by atoms with E-state index >= 15 is 0 Å². The molecule has 3 nitrogen and oxygen atoms in total. The minimum absolute atomic E-state index is 0.0387. The normalized spacial score (nSPS) is 11.7. The van der Waals surface area contributed by atoms with Crippen molar-refractivity contribution in [3.8, 4) is 0 Å². The molecule has 0 amide bonds. The monoisotopic (exact) mass is 288 g/mol. The highest BCUT2D eigenvalue weighted by molar-refractivity contribution is 7.80. The predicted molar refractivity (Wildman–Crippen MR) is 88.0 cm³/mol. The summed E-state index contributed by atoms with van der Waals surface area (Å²) in [5.74, 6) is 0. The number of nitrogens with two attached hydrogens (primary N) is 1. The Morgan fingerprint density at radius 2 is 1.95 bits per heavy atom. The Kier molecular flexibility index (Phi) is 4.23. The van der Waals surface area contributed by atoms with E-state index in [2.05, 4.69) is 0 Å². The molecule has 1 aromatic heterocycles. The van der Waals surface area contributed by atoms with Gasteiger partial charge >= 0.3 is 0 Å². The zero-order valence-corrected chi connectivity index (χ0v) is 12.7. The molecule has 0 bridgehead atoms. The maximum absolute atomic E-state index is 12.0. The fourth-order valence-corrected chi connectivity index (χ4v) is 2.38. The van der Waals surface area contributed by atoms with Crippen molar-refractivity contribution >= 4 is 28.1 Å². The van der Waals surface area contributed by atoms with Gasteiger partial charge in [-0.05, 0) is 30.4 Å². The Balaban J connectivity index is 2.20. The van der Waals surface area contributed by atoms with Gasteiger partial charge in [0.2, 0.25) is 0 Å². The second-order valence-corrected chi connectivity index (χ2v) is 6.17. The third-order valence-corrected chi connectivity index (χ3v) is 4.30. The van der Waals surface area contributed by atoms with Gasteiger partial charge in [0.25, 0.3) is 5.56 Å². The number of fused-ring (bicyclic) bond motifs is 1. The molecule has 106 valence electrons. The smallest absolute Gasteiger partial charge is 0.251 e. The number of aromatic nitrogens is 1. The number of pyridine rings is 1. The molecule has 1 heterocycles. The third kappa shape index (κ3) is 3.07. The Morgan fingerprint density at radius 1 is 1.25 bits per heavy atom. The summed E-state index contributed by atoms with van der Waals surface area (Å²) in [4.78, 5) is 12.6. The van der Waals surface area contributed by atoms with Crippen LogP contribution in [-0.4, -0.2) is 9.56 Å². The van der Waals surface area contributed by atoms with Crippen LogP contribution in [0.3, 0.4) is 0 Å². The van der Waals surface area contributed by atoms with Crippen LogP contribution in [0.2, 0.25) is 0 Å². The first kappa shape index (κ1) is 14.7. The number of rotatable bonds is 5. The third-order valence-electron chi connectivity index (χ3n) is 3.75. The molecule has 0 unspecified atom stereocenters. The van der Waals surface area contributed by atoms with Crippen LogP contribution in [0.25, 0.3) is 10.9 Å². The van der Waals surface area contributed by atoms with Gasteiger partial charge in [0.05, 0.1) is 10.5 Å². The van der Waals surface area contributed by atoms with E-state index in [0.29, 0.717) is 11.5 Å². The first-order chi connectivity index (χ1) is 9.42. The van der Waals surface area contributed by atoms with E-state index in [4.69, 9.17) is 18.0 Å². The lowest BCUT2D eigenvalue weighted by Gasteiger charge is -2.23. The minimum Gasteiger partial charge on any atom is -0.393 e. The number of hydrogen-bond acceptors (Lipinski definition) is 2. The summed E-state index contributed by atoms with van der Waals surface area (Å²) in [5, 5.41) is 1.08. The van der Waals surface area contributed by atoms with Crippen LogP contribution in [0.4, 0.5) is 0 Å². The van der Waals surface area contributed by atoms with Gasteiger partial charge in [0.1, 0.15) is 0 Å². The first-order valence-electron chi connectivity index (χ1n) is 6.80. The maximum atomic E-state index is 12.0. The number of aryl methyl sites for hydroxylation is 1. The van der Waals surface area contributed by atoms with E-state index in [9.17, 15) is 4.79 Å². The Bertz CT molecular complexity index is 688. The second kappa shape index (κ2) is 5.75. The number of para-hydroxylation sites is 1. The standard InChI is InChI=1S/C16H20N2OS/c1-16(2,15(17)20)10-5-11-18-13-7-4-3-6-12(13)8-9-14(18)19/h3-4,6-9H,5,10-11H2,1-2H3,(H2,17,20). The van der Waals surface area contributed by atoms with Crippen LogP contribution < -0.4 is 11.3 Å². The molecule has 0 spiro atoms. The van der Waals surface area contributed by atoms with Gasteiger partial charge in [0.15, 0.2) is 0 Å². The lowest BCUT2D eigenvalue weighted by Crippen LogP contribution is -2.30.